The van der Waals surface area contributed by atoms with Crippen LogP contribution in [0.4, 0.5) is 10.2 Å². The number of anilines is 1. The van der Waals surface area contributed by atoms with Crippen LogP contribution in [0.2, 0.25) is 0 Å². The zero-order valence-electron chi connectivity index (χ0n) is 20.4. The van der Waals surface area contributed by atoms with Crippen molar-refractivity contribution in [2.75, 3.05) is 44.2 Å². The highest BCUT2D eigenvalue weighted by atomic mass is 19.1. The van der Waals surface area contributed by atoms with Crippen LogP contribution >= 0.6 is 0 Å². The summed E-state index contributed by atoms with van der Waals surface area (Å²) in [6.45, 7) is 5.09. The largest absolute Gasteiger partial charge is 0.395 e. The molecule has 188 valence electrons. The minimum absolute atomic E-state index is 0.200. The summed E-state index contributed by atoms with van der Waals surface area (Å²) in [7, 11) is 0. The number of pyridine rings is 2. The van der Waals surface area contributed by atoms with E-state index in [1.807, 2.05) is 41.7 Å². The van der Waals surface area contributed by atoms with Gasteiger partial charge in [-0.2, -0.15) is 5.10 Å². The first-order chi connectivity index (χ1) is 18.2. The topological polar surface area (TPSA) is 86.1 Å². The molecule has 8 nitrogen and oxygen atoms in total. The van der Waals surface area contributed by atoms with Gasteiger partial charge in [0, 0.05) is 85.2 Å². The van der Waals surface area contributed by atoms with Crippen molar-refractivity contribution in [3.63, 3.8) is 0 Å². The van der Waals surface area contributed by atoms with Crippen LogP contribution in [-0.4, -0.2) is 74.1 Å². The number of H-pyrrole nitrogens is 1. The zero-order valence-corrected chi connectivity index (χ0v) is 20.4. The third kappa shape index (κ3) is 4.96. The average Bonchev–Trinajstić information content (AvgIpc) is 3.56. The third-order valence-electron chi connectivity index (χ3n) is 6.90. The maximum atomic E-state index is 13.6. The lowest BCUT2D eigenvalue weighted by Gasteiger charge is -2.35. The van der Waals surface area contributed by atoms with Gasteiger partial charge in [-0.1, -0.05) is 12.1 Å². The minimum atomic E-state index is -0.247. The van der Waals surface area contributed by atoms with Crippen LogP contribution in [0.1, 0.15) is 5.56 Å². The van der Waals surface area contributed by atoms with Gasteiger partial charge in [0.05, 0.1) is 19.3 Å². The number of fused-ring (bicyclic) bond motifs is 1. The Labute approximate surface area is 214 Å². The molecule has 1 saturated heterocycles. The van der Waals surface area contributed by atoms with Crippen LogP contribution in [0.25, 0.3) is 33.3 Å². The first-order valence-electron chi connectivity index (χ1n) is 12.5. The summed E-state index contributed by atoms with van der Waals surface area (Å²) in [5.41, 5.74) is 5.65. The second-order valence-corrected chi connectivity index (χ2v) is 9.34. The number of aliphatic hydroxyl groups excluding tert-OH is 1. The minimum Gasteiger partial charge on any atom is -0.395 e. The predicted octanol–water partition coefficient (Wildman–Crippen LogP) is 3.79. The number of nitrogens with one attached hydrogen (secondary N) is 1. The van der Waals surface area contributed by atoms with Crippen molar-refractivity contribution in [1.82, 2.24) is 29.6 Å². The fourth-order valence-electron chi connectivity index (χ4n) is 4.90. The zero-order chi connectivity index (χ0) is 25.2. The Morgan fingerprint density at radius 3 is 2.57 bits per heavy atom. The van der Waals surface area contributed by atoms with Crippen molar-refractivity contribution in [2.45, 2.75) is 6.54 Å². The number of hydrogen-bond acceptors (Lipinski definition) is 6. The van der Waals surface area contributed by atoms with Gasteiger partial charge >= 0.3 is 0 Å². The number of halogens is 1. The molecule has 9 heteroatoms. The van der Waals surface area contributed by atoms with Crippen molar-refractivity contribution >= 4 is 16.9 Å². The van der Waals surface area contributed by atoms with Gasteiger partial charge in [-0.3, -0.25) is 9.58 Å². The summed E-state index contributed by atoms with van der Waals surface area (Å²) in [6, 6.07) is 12.9. The van der Waals surface area contributed by atoms with E-state index in [0.717, 1.165) is 77.4 Å². The molecular weight excluding hydrogens is 469 g/mol. The van der Waals surface area contributed by atoms with E-state index in [9.17, 15) is 4.39 Å². The standard InChI is InChI=1S/C28H28FN7O/c29-24-3-1-2-20(12-24)18-36-19-23(16-33-36)26-17-32-28-25(26)13-22(15-31-28)21-4-5-27(30-14-21)35-8-6-34(7-9-35)10-11-37/h1-5,12-17,19,37H,6-11,18H2,(H,31,32). The van der Waals surface area contributed by atoms with E-state index < -0.39 is 0 Å². The number of aromatic amines is 1. The summed E-state index contributed by atoms with van der Waals surface area (Å²) in [5.74, 6) is 0.720. The molecule has 4 aromatic heterocycles. The van der Waals surface area contributed by atoms with Crippen molar-refractivity contribution in [3.8, 4) is 22.3 Å². The number of β-amino-alcohol motifs (C(OH)–C–C–N with tert-alkyl or cyclic N) is 1. The average molecular weight is 498 g/mol. The molecule has 0 aliphatic carbocycles. The van der Waals surface area contributed by atoms with Gasteiger partial charge in [0.25, 0.3) is 0 Å². The number of piperazine rings is 1. The number of benzene rings is 1. The SMILES string of the molecule is OCCN1CCN(c2ccc(-c3cnc4[nH]cc(-c5cnn(Cc6cccc(F)c6)c5)c4c3)cn2)CC1. The van der Waals surface area contributed by atoms with Gasteiger partial charge in [0.1, 0.15) is 17.3 Å². The molecule has 0 unspecified atom stereocenters. The number of aromatic nitrogens is 5. The molecule has 0 spiro atoms. The highest BCUT2D eigenvalue weighted by Crippen LogP contribution is 2.31. The van der Waals surface area contributed by atoms with Crippen LogP contribution < -0.4 is 4.90 Å². The molecule has 1 aliphatic rings. The highest BCUT2D eigenvalue weighted by Gasteiger charge is 2.18. The molecule has 1 aromatic carbocycles. The van der Waals surface area contributed by atoms with E-state index in [1.165, 1.54) is 12.1 Å². The first-order valence-corrected chi connectivity index (χ1v) is 12.5. The molecule has 0 saturated carbocycles. The molecule has 37 heavy (non-hydrogen) atoms. The summed E-state index contributed by atoms with van der Waals surface area (Å²) in [6.07, 6.45) is 9.51. The summed E-state index contributed by atoms with van der Waals surface area (Å²) in [4.78, 5) is 17.2. The van der Waals surface area contributed by atoms with E-state index >= 15 is 0 Å². The quantitative estimate of drug-likeness (QED) is 0.356. The van der Waals surface area contributed by atoms with Crippen LogP contribution in [0, 0.1) is 5.82 Å². The van der Waals surface area contributed by atoms with Gasteiger partial charge in [0.2, 0.25) is 0 Å². The molecule has 5 heterocycles. The van der Waals surface area contributed by atoms with E-state index in [4.69, 9.17) is 10.1 Å². The molecular formula is C28H28FN7O. The molecule has 0 bridgehead atoms. The maximum Gasteiger partial charge on any atom is 0.137 e. The Kier molecular flexibility index (Phi) is 6.38. The third-order valence-corrected chi connectivity index (χ3v) is 6.90. The van der Waals surface area contributed by atoms with Gasteiger partial charge in [-0.25, -0.2) is 14.4 Å². The molecule has 5 aromatic rings. The lowest BCUT2D eigenvalue weighted by atomic mass is 10.1. The fraction of sp³-hybridized carbons (Fsp3) is 0.250. The maximum absolute atomic E-state index is 13.6. The molecule has 1 aliphatic heterocycles. The summed E-state index contributed by atoms with van der Waals surface area (Å²) in [5, 5.41) is 14.6. The Morgan fingerprint density at radius 1 is 0.919 bits per heavy atom. The molecule has 6 rings (SSSR count). The van der Waals surface area contributed by atoms with Gasteiger partial charge in [0.15, 0.2) is 0 Å². The molecule has 2 N–H and O–H groups in total. The number of hydrogen-bond donors (Lipinski definition) is 2. The Morgan fingerprint density at radius 2 is 1.78 bits per heavy atom. The van der Waals surface area contributed by atoms with E-state index in [0.29, 0.717) is 6.54 Å². The van der Waals surface area contributed by atoms with Crippen LogP contribution in [0.15, 0.2) is 73.4 Å². The van der Waals surface area contributed by atoms with E-state index in [-0.39, 0.29) is 12.4 Å². The number of nitrogens with zero attached hydrogens (tertiary/aromatic N) is 6. The Balaban J connectivity index is 1.21. The van der Waals surface area contributed by atoms with Crippen LogP contribution in [0.3, 0.4) is 0 Å². The van der Waals surface area contributed by atoms with Crippen LogP contribution in [-0.2, 0) is 6.54 Å². The van der Waals surface area contributed by atoms with Crippen LogP contribution in [0.5, 0.6) is 0 Å². The van der Waals surface area contributed by atoms with Crippen molar-refractivity contribution in [1.29, 1.82) is 0 Å². The lowest BCUT2D eigenvalue weighted by molar-refractivity contribution is 0.188. The van der Waals surface area contributed by atoms with Crippen molar-refractivity contribution in [2.24, 2.45) is 0 Å². The normalized spacial score (nSPS) is 14.5. The first kappa shape index (κ1) is 23.3. The van der Waals surface area contributed by atoms with E-state index in [1.54, 1.807) is 6.07 Å². The number of rotatable bonds is 7. The number of aliphatic hydroxyl groups is 1. The predicted molar refractivity (Wildman–Crippen MR) is 142 cm³/mol. The molecule has 0 atom stereocenters. The fourth-order valence-corrected chi connectivity index (χ4v) is 4.90. The van der Waals surface area contributed by atoms with Crippen molar-refractivity contribution < 1.29 is 9.50 Å². The van der Waals surface area contributed by atoms with Gasteiger partial charge < -0.3 is 15.0 Å². The van der Waals surface area contributed by atoms with Gasteiger partial charge in [-0.15, -0.1) is 0 Å². The summed E-state index contributed by atoms with van der Waals surface area (Å²) < 4.78 is 15.4. The summed E-state index contributed by atoms with van der Waals surface area (Å²) >= 11 is 0. The Bertz CT molecular complexity index is 1500. The highest BCUT2D eigenvalue weighted by molar-refractivity contribution is 5.95. The van der Waals surface area contributed by atoms with Crippen molar-refractivity contribution in [3.05, 3.63) is 84.8 Å². The lowest BCUT2D eigenvalue weighted by Crippen LogP contribution is -2.47. The monoisotopic (exact) mass is 497 g/mol. The Hall–Kier alpha value is -4.08. The van der Waals surface area contributed by atoms with E-state index in [2.05, 4.69) is 43.1 Å². The smallest absolute Gasteiger partial charge is 0.137 e. The second-order valence-electron chi connectivity index (χ2n) is 9.34. The molecule has 0 radical (unpaired) electrons. The molecule has 1 fully saturated rings. The molecule has 0 amide bonds. The van der Waals surface area contributed by atoms with Gasteiger partial charge in [-0.05, 0) is 35.9 Å². The second kappa shape index (κ2) is 10.1.